The number of hydrogen-bond acceptors (Lipinski definition) is 3. The van der Waals surface area contributed by atoms with Crippen LogP contribution in [-0.4, -0.2) is 4.92 Å². The molecule has 0 bridgehead atoms. The average Bonchev–Trinajstić information content (AvgIpc) is 2.37. The molecule has 2 rings (SSSR count). The van der Waals surface area contributed by atoms with Crippen LogP contribution in [0.2, 0.25) is 5.02 Å². The topological polar surface area (TPSA) is 52.4 Å². The molecule has 0 aromatic heterocycles. The summed E-state index contributed by atoms with van der Waals surface area (Å²) in [5, 5.41) is 11.3. The summed E-state index contributed by atoms with van der Waals surface area (Å²) in [5.74, 6) is -0.718. The molecule has 0 spiro atoms. The minimum absolute atomic E-state index is 0.0317. The molecule has 19 heavy (non-hydrogen) atoms. The standard InChI is InChI=1S/C13H9ClFNO3/c14-11-4-2-1-3-9(11)8-19-13-7-10(15)5-6-12(13)16(17)18/h1-7H,8H2. The molecule has 98 valence electrons. The van der Waals surface area contributed by atoms with Gasteiger partial charge in [-0.3, -0.25) is 10.1 Å². The summed E-state index contributed by atoms with van der Waals surface area (Å²) in [5.41, 5.74) is 0.385. The van der Waals surface area contributed by atoms with Crippen molar-refractivity contribution in [1.82, 2.24) is 0 Å². The number of halogens is 2. The summed E-state index contributed by atoms with van der Waals surface area (Å²) in [7, 11) is 0. The molecular formula is C13H9ClFNO3. The number of nitro benzene ring substituents is 1. The highest BCUT2D eigenvalue weighted by Gasteiger charge is 2.16. The Morgan fingerprint density at radius 2 is 2.00 bits per heavy atom. The molecule has 0 heterocycles. The largest absolute Gasteiger partial charge is 0.482 e. The Hall–Kier alpha value is -2.14. The predicted octanol–water partition coefficient (Wildman–Crippen LogP) is 3.97. The number of hydrogen-bond donors (Lipinski definition) is 0. The highest BCUT2D eigenvalue weighted by atomic mass is 35.5. The van der Waals surface area contributed by atoms with Crippen molar-refractivity contribution < 1.29 is 14.1 Å². The third-order valence-electron chi connectivity index (χ3n) is 2.46. The van der Waals surface area contributed by atoms with Crippen LogP contribution in [0.4, 0.5) is 10.1 Å². The number of rotatable bonds is 4. The second-order valence-corrected chi connectivity index (χ2v) is 4.16. The zero-order valence-electron chi connectivity index (χ0n) is 9.68. The number of nitrogens with zero attached hydrogens (tertiary/aromatic N) is 1. The highest BCUT2D eigenvalue weighted by molar-refractivity contribution is 6.31. The van der Waals surface area contributed by atoms with Gasteiger partial charge in [0.05, 0.1) is 4.92 Å². The first-order chi connectivity index (χ1) is 9.08. The molecule has 0 fully saturated rings. The molecule has 0 N–H and O–H groups in total. The van der Waals surface area contributed by atoms with Gasteiger partial charge in [0.15, 0.2) is 5.75 Å². The smallest absolute Gasteiger partial charge is 0.311 e. The molecule has 0 saturated heterocycles. The van der Waals surface area contributed by atoms with Crippen molar-refractivity contribution in [2.45, 2.75) is 6.61 Å². The van der Waals surface area contributed by atoms with Gasteiger partial charge in [-0.2, -0.15) is 0 Å². The van der Waals surface area contributed by atoms with Gasteiger partial charge in [-0.1, -0.05) is 29.8 Å². The lowest BCUT2D eigenvalue weighted by molar-refractivity contribution is -0.386. The second-order valence-electron chi connectivity index (χ2n) is 3.75. The van der Waals surface area contributed by atoms with Crippen LogP contribution in [0.1, 0.15) is 5.56 Å². The minimum Gasteiger partial charge on any atom is -0.482 e. The molecule has 0 radical (unpaired) electrons. The van der Waals surface area contributed by atoms with Gasteiger partial charge in [-0.05, 0) is 12.1 Å². The zero-order chi connectivity index (χ0) is 13.8. The lowest BCUT2D eigenvalue weighted by Gasteiger charge is -2.08. The van der Waals surface area contributed by atoms with Crippen LogP contribution in [0, 0.1) is 15.9 Å². The monoisotopic (exact) mass is 281 g/mol. The zero-order valence-corrected chi connectivity index (χ0v) is 10.4. The van der Waals surface area contributed by atoms with Gasteiger partial charge in [0.25, 0.3) is 0 Å². The molecule has 0 aliphatic rings. The van der Waals surface area contributed by atoms with E-state index < -0.39 is 10.7 Å². The van der Waals surface area contributed by atoms with Crippen LogP contribution in [-0.2, 0) is 6.61 Å². The summed E-state index contributed by atoms with van der Waals surface area (Å²) < 4.78 is 18.4. The van der Waals surface area contributed by atoms with Gasteiger partial charge in [-0.15, -0.1) is 0 Å². The fourth-order valence-corrected chi connectivity index (χ4v) is 1.72. The van der Waals surface area contributed by atoms with E-state index in [1.165, 1.54) is 0 Å². The Bertz CT molecular complexity index is 619. The molecule has 0 saturated carbocycles. The third-order valence-corrected chi connectivity index (χ3v) is 2.83. The Kier molecular flexibility index (Phi) is 3.97. The predicted molar refractivity (Wildman–Crippen MR) is 68.8 cm³/mol. The van der Waals surface area contributed by atoms with Crippen LogP contribution in [0.5, 0.6) is 5.75 Å². The van der Waals surface area contributed by atoms with Crippen molar-refractivity contribution in [3.05, 3.63) is 69.0 Å². The molecule has 4 nitrogen and oxygen atoms in total. The number of ether oxygens (including phenoxy) is 1. The quantitative estimate of drug-likeness (QED) is 0.629. The lowest BCUT2D eigenvalue weighted by Crippen LogP contribution is -2.00. The Morgan fingerprint density at radius 1 is 1.26 bits per heavy atom. The fourth-order valence-electron chi connectivity index (χ4n) is 1.53. The summed E-state index contributed by atoms with van der Waals surface area (Å²) in [4.78, 5) is 10.2. The van der Waals surface area contributed by atoms with E-state index in [-0.39, 0.29) is 18.0 Å². The molecule has 2 aromatic carbocycles. The van der Waals surface area contributed by atoms with Crippen LogP contribution in [0.3, 0.4) is 0 Å². The summed E-state index contributed by atoms with van der Waals surface area (Å²) in [6.07, 6.45) is 0. The maximum Gasteiger partial charge on any atom is 0.311 e. The lowest BCUT2D eigenvalue weighted by atomic mass is 10.2. The van der Waals surface area contributed by atoms with E-state index in [1.54, 1.807) is 24.3 Å². The third kappa shape index (κ3) is 3.20. The molecule has 0 aliphatic carbocycles. The molecule has 0 atom stereocenters. The van der Waals surface area contributed by atoms with Crippen LogP contribution in [0.15, 0.2) is 42.5 Å². The first kappa shape index (κ1) is 13.3. The van der Waals surface area contributed by atoms with Crippen LogP contribution < -0.4 is 4.74 Å². The highest BCUT2D eigenvalue weighted by Crippen LogP contribution is 2.28. The number of nitro groups is 1. The van der Waals surface area contributed by atoms with Crippen LogP contribution in [0.25, 0.3) is 0 Å². The molecule has 6 heteroatoms. The van der Waals surface area contributed by atoms with Crippen molar-refractivity contribution in [3.8, 4) is 5.75 Å². The summed E-state index contributed by atoms with van der Waals surface area (Å²) in [6.45, 7) is 0.0317. The Labute approximate surface area is 113 Å². The van der Waals surface area contributed by atoms with Gasteiger partial charge in [0.1, 0.15) is 12.4 Å². The van der Waals surface area contributed by atoms with Crippen LogP contribution >= 0.6 is 11.6 Å². The van der Waals surface area contributed by atoms with Crippen molar-refractivity contribution >= 4 is 17.3 Å². The van der Waals surface area contributed by atoms with E-state index in [4.69, 9.17) is 16.3 Å². The van der Waals surface area contributed by atoms with E-state index >= 15 is 0 Å². The second kappa shape index (κ2) is 5.67. The average molecular weight is 282 g/mol. The summed E-state index contributed by atoms with van der Waals surface area (Å²) in [6, 6.07) is 10.0. The molecule has 0 unspecified atom stereocenters. The summed E-state index contributed by atoms with van der Waals surface area (Å²) >= 11 is 5.94. The Morgan fingerprint density at radius 3 is 2.68 bits per heavy atom. The maximum absolute atomic E-state index is 13.1. The van der Waals surface area contributed by atoms with E-state index in [1.807, 2.05) is 0 Å². The van der Waals surface area contributed by atoms with Crippen molar-refractivity contribution in [1.29, 1.82) is 0 Å². The molecule has 0 aliphatic heterocycles. The van der Waals surface area contributed by atoms with Gasteiger partial charge < -0.3 is 4.74 Å². The maximum atomic E-state index is 13.1. The van der Waals surface area contributed by atoms with E-state index in [2.05, 4.69) is 0 Å². The van der Waals surface area contributed by atoms with Gasteiger partial charge >= 0.3 is 5.69 Å². The van der Waals surface area contributed by atoms with Crippen molar-refractivity contribution in [2.75, 3.05) is 0 Å². The number of benzene rings is 2. The molecule has 0 amide bonds. The van der Waals surface area contributed by atoms with E-state index in [0.717, 1.165) is 18.2 Å². The van der Waals surface area contributed by atoms with E-state index in [0.29, 0.717) is 10.6 Å². The molecule has 2 aromatic rings. The SMILES string of the molecule is O=[N+]([O-])c1ccc(F)cc1OCc1ccccc1Cl. The van der Waals surface area contributed by atoms with E-state index in [9.17, 15) is 14.5 Å². The first-order valence-electron chi connectivity index (χ1n) is 5.38. The van der Waals surface area contributed by atoms with Crippen molar-refractivity contribution in [3.63, 3.8) is 0 Å². The first-order valence-corrected chi connectivity index (χ1v) is 5.76. The minimum atomic E-state index is -0.624. The Balaban J connectivity index is 2.22. The van der Waals surface area contributed by atoms with Gasteiger partial charge in [0, 0.05) is 22.7 Å². The normalized spacial score (nSPS) is 10.2. The molecular weight excluding hydrogens is 273 g/mol. The van der Waals surface area contributed by atoms with Gasteiger partial charge in [-0.25, -0.2) is 4.39 Å². The van der Waals surface area contributed by atoms with Crippen molar-refractivity contribution in [2.24, 2.45) is 0 Å². The fraction of sp³-hybridized carbons (Fsp3) is 0.0769. The van der Waals surface area contributed by atoms with Gasteiger partial charge in [0.2, 0.25) is 0 Å².